The summed E-state index contributed by atoms with van der Waals surface area (Å²) in [4.78, 5) is 9.12. The van der Waals surface area contributed by atoms with E-state index >= 15 is 0 Å². The van der Waals surface area contributed by atoms with Gasteiger partial charge in [-0.05, 0) is 0 Å². The van der Waals surface area contributed by atoms with Gasteiger partial charge in [-0.25, -0.2) is 8.42 Å². The van der Waals surface area contributed by atoms with Crippen LogP contribution < -0.4 is 4.72 Å². The zero-order chi connectivity index (χ0) is 4.99. The van der Waals surface area contributed by atoms with Gasteiger partial charge in [0.25, 0.3) is 0 Å². The predicted molar refractivity (Wildman–Crippen MR) is 19.5 cm³/mol. The fourth-order valence-corrected chi connectivity index (χ4v) is 0.129. The van der Waals surface area contributed by atoms with Crippen LogP contribution in [0.2, 0.25) is 0 Å². The molecule has 4 nitrogen and oxygen atoms in total. The summed E-state index contributed by atoms with van der Waals surface area (Å²) < 4.78 is 20.1. The number of hydrogen-bond acceptors (Lipinski definition) is 3. The van der Waals surface area contributed by atoms with Gasteiger partial charge in [0.2, 0.25) is 17.3 Å². The lowest BCUT2D eigenvalue weighted by Gasteiger charge is -1.70. The lowest BCUT2D eigenvalue weighted by molar-refractivity contribution is -0.108. The molecule has 1 N–H and O–H groups in total. The van der Waals surface area contributed by atoms with Gasteiger partial charge in [0.05, 0.1) is 0 Å². The van der Waals surface area contributed by atoms with Crippen LogP contribution in [0.1, 0.15) is 0 Å². The zero-order valence-corrected chi connectivity index (χ0v) is 3.64. The lowest BCUT2D eigenvalue weighted by Crippen LogP contribution is -2.05. The van der Waals surface area contributed by atoms with Crippen LogP contribution in [0.15, 0.2) is 0 Å². The lowest BCUT2D eigenvalue weighted by atomic mass is 11.5. The van der Waals surface area contributed by atoms with Crippen LogP contribution in [-0.4, -0.2) is 14.8 Å². The van der Waals surface area contributed by atoms with Crippen molar-refractivity contribution in [1.82, 2.24) is 4.72 Å². The van der Waals surface area contributed by atoms with Crippen molar-refractivity contribution in [2.45, 2.75) is 0 Å². The summed E-state index contributed by atoms with van der Waals surface area (Å²) in [6, 6.07) is 0. The standard InChI is InChI=1S/CH3NO3S/c3-1-2-6(4)5/h1,6H,(H,2,3,4,5). The normalized spacial score (nSPS) is 8.17. The highest BCUT2D eigenvalue weighted by atomic mass is 32.2. The van der Waals surface area contributed by atoms with Gasteiger partial charge in [0.15, 0.2) is 0 Å². The van der Waals surface area contributed by atoms with Crippen molar-refractivity contribution in [2.24, 2.45) is 0 Å². The van der Waals surface area contributed by atoms with Crippen molar-refractivity contribution in [1.29, 1.82) is 0 Å². The minimum absolute atomic E-state index is 0.103. The molecule has 0 aliphatic carbocycles. The summed E-state index contributed by atoms with van der Waals surface area (Å²) >= 11 is 0. The SMILES string of the molecule is O=CN[SH](=O)=O. The van der Waals surface area contributed by atoms with Crippen molar-refractivity contribution in [3.8, 4) is 0 Å². The number of carbonyl (C=O) groups excluding carboxylic acids is 1. The number of thiol groups is 1. The van der Waals surface area contributed by atoms with Crippen molar-refractivity contribution in [2.75, 3.05) is 0 Å². The van der Waals surface area contributed by atoms with Gasteiger partial charge in [0, 0.05) is 0 Å². The van der Waals surface area contributed by atoms with Crippen LogP contribution in [0.25, 0.3) is 0 Å². The molecule has 0 heterocycles. The molecular weight excluding hydrogens is 106 g/mol. The molecule has 0 saturated carbocycles. The van der Waals surface area contributed by atoms with E-state index in [1.54, 1.807) is 0 Å². The molecule has 0 fully saturated rings. The fraction of sp³-hybridized carbons (Fsp3) is 0. The van der Waals surface area contributed by atoms with Crippen molar-refractivity contribution in [3.05, 3.63) is 0 Å². The maximum absolute atomic E-state index is 9.29. The molecule has 1 amide bonds. The van der Waals surface area contributed by atoms with Crippen LogP contribution in [-0.2, 0) is 15.7 Å². The smallest absolute Gasteiger partial charge is 0.224 e. The van der Waals surface area contributed by atoms with E-state index in [0.29, 0.717) is 0 Å². The molecule has 5 heteroatoms. The molecule has 0 unspecified atom stereocenters. The average Bonchev–Trinajstić information content (AvgIpc) is 1.35. The van der Waals surface area contributed by atoms with E-state index in [9.17, 15) is 8.42 Å². The van der Waals surface area contributed by atoms with Gasteiger partial charge in [-0.3, -0.25) is 9.52 Å². The van der Waals surface area contributed by atoms with Gasteiger partial charge in [-0.15, -0.1) is 0 Å². The minimum atomic E-state index is -2.72. The Bertz CT molecular complexity index is 97.4. The fourth-order valence-electron chi connectivity index (χ4n) is 0.0430. The quantitative estimate of drug-likeness (QED) is 0.327. The summed E-state index contributed by atoms with van der Waals surface area (Å²) in [5, 5.41) is 0. The molecule has 0 aliphatic heterocycles. The number of carbonyl (C=O) groups is 1. The second-order valence-corrected chi connectivity index (χ2v) is 1.28. The van der Waals surface area contributed by atoms with Crippen LogP contribution >= 0.6 is 0 Å². The van der Waals surface area contributed by atoms with Crippen molar-refractivity contribution < 1.29 is 13.2 Å². The Labute approximate surface area is 36.2 Å². The van der Waals surface area contributed by atoms with E-state index in [0.717, 1.165) is 0 Å². The monoisotopic (exact) mass is 109 g/mol. The molecule has 6 heavy (non-hydrogen) atoms. The molecule has 0 aliphatic rings. The molecule has 0 atom stereocenters. The first kappa shape index (κ1) is 5.42. The predicted octanol–water partition coefficient (Wildman–Crippen LogP) is -1.74. The topological polar surface area (TPSA) is 63.2 Å². The Morgan fingerprint density at radius 3 is 2.00 bits per heavy atom. The summed E-state index contributed by atoms with van der Waals surface area (Å²) in [6.07, 6.45) is 0.103. The van der Waals surface area contributed by atoms with Gasteiger partial charge >= 0.3 is 0 Å². The third-order valence-corrected chi connectivity index (χ3v) is 0.474. The zero-order valence-electron chi connectivity index (χ0n) is 2.75. The summed E-state index contributed by atoms with van der Waals surface area (Å²) in [5.74, 6) is 0. The van der Waals surface area contributed by atoms with Gasteiger partial charge in [-0.2, -0.15) is 0 Å². The second kappa shape index (κ2) is 2.65. The highest BCUT2D eigenvalue weighted by Gasteiger charge is 1.67. The Morgan fingerprint density at radius 2 is 2.00 bits per heavy atom. The van der Waals surface area contributed by atoms with Crippen molar-refractivity contribution >= 4 is 17.3 Å². The summed E-state index contributed by atoms with van der Waals surface area (Å²) in [7, 11) is -2.72. The molecule has 0 spiro atoms. The van der Waals surface area contributed by atoms with Crippen LogP contribution in [0.5, 0.6) is 0 Å². The Balaban J connectivity index is 3.32. The maximum Gasteiger partial charge on any atom is 0.224 e. The molecule has 0 rings (SSSR count). The first-order chi connectivity index (χ1) is 2.77. The Kier molecular flexibility index (Phi) is 2.39. The molecular formula is CH3NO3S. The van der Waals surface area contributed by atoms with Crippen LogP contribution in [0, 0.1) is 0 Å². The first-order valence-corrected chi connectivity index (χ1v) is 2.29. The number of hydrogen-bond donors (Lipinski definition) is 2. The van der Waals surface area contributed by atoms with E-state index in [4.69, 9.17) is 4.79 Å². The molecule has 0 saturated heterocycles. The molecule has 36 valence electrons. The number of amides is 1. The van der Waals surface area contributed by atoms with E-state index in [1.165, 1.54) is 4.72 Å². The first-order valence-electron chi connectivity index (χ1n) is 1.11. The van der Waals surface area contributed by atoms with Crippen molar-refractivity contribution in [3.63, 3.8) is 0 Å². The summed E-state index contributed by atoms with van der Waals surface area (Å²) in [5.41, 5.74) is 0. The largest absolute Gasteiger partial charge is 0.278 e. The van der Waals surface area contributed by atoms with Crippen LogP contribution in [0.3, 0.4) is 0 Å². The molecule has 0 aromatic heterocycles. The van der Waals surface area contributed by atoms with E-state index in [1.807, 2.05) is 0 Å². The van der Waals surface area contributed by atoms with E-state index in [-0.39, 0.29) is 6.41 Å². The summed E-state index contributed by atoms with van der Waals surface area (Å²) in [6.45, 7) is 0. The molecule has 0 bridgehead atoms. The third kappa shape index (κ3) is 3.42. The van der Waals surface area contributed by atoms with Gasteiger partial charge in [-0.1, -0.05) is 0 Å². The Hall–Kier alpha value is -0.580. The maximum atomic E-state index is 9.29. The number of nitrogens with one attached hydrogen (secondary N) is 1. The molecule has 0 radical (unpaired) electrons. The van der Waals surface area contributed by atoms with Gasteiger partial charge in [0.1, 0.15) is 0 Å². The molecule has 0 aromatic carbocycles. The van der Waals surface area contributed by atoms with Gasteiger partial charge < -0.3 is 0 Å². The average molecular weight is 109 g/mol. The molecule has 0 aromatic rings. The minimum Gasteiger partial charge on any atom is -0.278 e. The highest BCUT2D eigenvalue weighted by molar-refractivity contribution is 7.70. The highest BCUT2D eigenvalue weighted by Crippen LogP contribution is 1.36. The second-order valence-electron chi connectivity index (χ2n) is 0.504. The van der Waals surface area contributed by atoms with E-state index < -0.39 is 10.9 Å². The number of rotatable bonds is 2. The van der Waals surface area contributed by atoms with E-state index in [2.05, 4.69) is 0 Å². The van der Waals surface area contributed by atoms with Crippen LogP contribution in [0.4, 0.5) is 0 Å². The Morgan fingerprint density at radius 1 is 1.50 bits per heavy atom. The third-order valence-electron chi connectivity index (χ3n) is 0.158.